The maximum Gasteiger partial charge on any atom is 0.422 e. The lowest BCUT2D eigenvalue weighted by Crippen LogP contribution is -2.34. The monoisotopic (exact) mass is 333 g/mol. The van der Waals surface area contributed by atoms with E-state index in [4.69, 9.17) is 5.11 Å². The molecule has 0 aliphatic rings. The smallest absolute Gasteiger partial charge is 0.422 e. The summed E-state index contributed by atoms with van der Waals surface area (Å²) in [5.41, 5.74) is 0.490. The Hall–Kier alpha value is -2.25. The number of carboxylic acid groups (broad SMARTS) is 1. The lowest BCUT2D eigenvalue weighted by molar-refractivity contribution is -0.153. The van der Waals surface area contributed by atoms with Crippen LogP contribution in [0.3, 0.4) is 0 Å². The van der Waals surface area contributed by atoms with Crippen LogP contribution >= 0.6 is 0 Å². The molecule has 5 nitrogen and oxygen atoms in total. The summed E-state index contributed by atoms with van der Waals surface area (Å²) in [6.07, 6.45) is -4.48. The number of benzene rings is 1. The number of ether oxygens (including phenoxy) is 1. The number of carboxylic acids is 1. The molecule has 0 fully saturated rings. The SMILES string of the molecule is CC(CN(C)C(=O)Cc1cccc(OCC(F)(F)F)c1)C(=O)O. The van der Waals surface area contributed by atoms with Gasteiger partial charge in [-0.15, -0.1) is 0 Å². The van der Waals surface area contributed by atoms with Crippen LogP contribution in [0.2, 0.25) is 0 Å². The van der Waals surface area contributed by atoms with Gasteiger partial charge in [0.2, 0.25) is 5.91 Å². The minimum Gasteiger partial charge on any atom is -0.484 e. The molecule has 1 rings (SSSR count). The molecule has 0 aliphatic carbocycles. The first-order chi connectivity index (χ1) is 10.6. The van der Waals surface area contributed by atoms with Crippen molar-refractivity contribution in [2.75, 3.05) is 20.2 Å². The fraction of sp³-hybridized carbons (Fsp3) is 0.467. The summed E-state index contributed by atoms with van der Waals surface area (Å²) >= 11 is 0. The molecular weight excluding hydrogens is 315 g/mol. The predicted octanol–water partition coefficient (Wildman–Crippen LogP) is 2.35. The number of rotatable bonds is 7. The Bertz CT molecular complexity index is 560. The van der Waals surface area contributed by atoms with E-state index in [2.05, 4.69) is 4.74 Å². The van der Waals surface area contributed by atoms with Crippen molar-refractivity contribution in [2.24, 2.45) is 5.92 Å². The molecule has 0 bridgehead atoms. The average Bonchev–Trinajstić information content (AvgIpc) is 2.44. The molecule has 1 unspecified atom stereocenters. The van der Waals surface area contributed by atoms with E-state index < -0.39 is 24.7 Å². The van der Waals surface area contributed by atoms with Gasteiger partial charge in [-0.2, -0.15) is 13.2 Å². The zero-order chi connectivity index (χ0) is 17.6. The Labute approximate surface area is 131 Å². The van der Waals surface area contributed by atoms with Gasteiger partial charge in [0.05, 0.1) is 12.3 Å². The van der Waals surface area contributed by atoms with E-state index >= 15 is 0 Å². The number of hydrogen-bond donors (Lipinski definition) is 1. The molecule has 1 aromatic rings. The molecule has 1 aromatic carbocycles. The summed E-state index contributed by atoms with van der Waals surface area (Å²) in [5.74, 6) is -2.02. The van der Waals surface area contributed by atoms with Gasteiger partial charge < -0.3 is 14.7 Å². The first-order valence-corrected chi connectivity index (χ1v) is 6.83. The van der Waals surface area contributed by atoms with E-state index in [1.807, 2.05) is 0 Å². The van der Waals surface area contributed by atoms with Crippen LogP contribution in [0.15, 0.2) is 24.3 Å². The number of amides is 1. The summed E-state index contributed by atoms with van der Waals surface area (Å²) in [5, 5.41) is 8.82. The van der Waals surface area contributed by atoms with Crippen molar-refractivity contribution in [1.29, 1.82) is 0 Å². The van der Waals surface area contributed by atoms with E-state index in [1.54, 1.807) is 6.07 Å². The van der Waals surface area contributed by atoms with E-state index in [9.17, 15) is 22.8 Å². The maximum absolute atomic E-state index is 12.1. The van der Waals surface area contributed by atoms with Crippen LogP contribution in [0, 0.1) is 5.92 Å². The van der Waals surface area contributed by atoms with E-state index in [0.29, 0.717) is 5.56 Å². The molecule has 0 saturated heterocycles. The number of carbonyl (C=O) groups excluding carboxylic acids is 1. The molecule has 0 aliphatic heterocycles. The first kappa shape index (κ1) is 18.8. The summed E-state index contributed by atoms with van der Waals surface area (Å²) in [6, 6.07) is 5.81. The summed E-state index contributed by atoms with van der Waals surface area (Å²) < 4.78 is 41.0. The van der Waals surface area contributed by atoms with Gasteiger partial charge in [-0.05, 0) is 17.7 Å². The van der Waals surface area contributed by atoms with Gasteiger partial charge in [-0.3, -0.25) is 9.59 Å². The highest BCUT2D eigenvalue weighted by atomic mass is 19.4. The molecule has 0 aromatic heterocycles. The normalized spacial score (nSPS) is 12.6. The fourth-order valence-corrected chi connectivity index (χ4v) is 1.81. The van der Waals surface area contributed by atoms with E-state index in [0.717, 1.165) is 0 Å². The second-order valence-electron chi connectivity index (χ2n) is 5.24. The van der Waals surface area contributed by atoms with Crippen molar-refractivity contribution in [3.8, 4) is 5.75 Å². The Morgan fingerprint density at radius 3 is 2.57 bits per heavy atom. The number of carbonyl (C=O) groups is 2. The van der Waals surface area contributed by atoms with E-state index in [-0.39, 0.29) is 24.6 Å². The standard InChI is InChI=1S/C15H18F3NO4/c1-10(14(21)22)8-19(2)13(20)7-11-4-3-5-12(6-11)23-9-15(16,17)18/h3-6,10H,7-9H2,1-2H3,(H,21,22). The largest absolute Gasteiger partial charge is 0.484 e. The number of nitrogens with zero attached hydrogens (tertiary/aromatic N) is 1. The van der Waals surface area contributed by atoms with Gasteiger partial charge >= 0.3 is 12.1 Å². The van der Waals surface area contributed by atoms with Crippen LogP contribution < -0.4 is 4.74 Å². The molecule has 0 heterocycles. The third-order valence-corrected chi connectivity index (χ3v) is 3.05. The van der Waals surface area contributed by atoms with Crippen LogP contribution in [-0.2, 0) is 16.0 Å². The number of alkyl halides is 3. The number of likely N-dealkylation sites (N-methyl/N-ethyl adjacent to an activating group) is 1. The second kappa shape index (κ2) is 7.85. The molecule has 1 atom stereocenters. The van der Waals surface area contributed by atoms with Gasteiger partial charge in [-0.25, -0.2) is 0 Å². The molecule has 1 N–H and O–H groups in total. The third-order valence-electron chi connectivity index (χ3n) is 3.05. The van der Waals surface area contributed by atoms with Crippen molar-refractivity contribution in [3.05, 3.63) is 29.8 Å². The topological polar surface area (TPSA) is 66.8 Å². The van der Waals surface area contributed by atoms with Gasteiger partial charge in [0.15, 0.2) is 6.61 Å². The minimum absolute atomic E-state index is 0.0224. The predicted molar refractivity (Wildman–Crippen MR) is 76.1 cm³/mol. The zero-order valence-electron chi connectivity index (χ0n) is 12.8. The Morgan fingerprint density at radius 2 is 2.00 bits per heavy atom. The molecule has 128 valence electrons. The molecule has 1 amide bonds. The quantitative estimate of drug-likeness (QED) is 0.832. The number of hydrogen-bond acceptors (Lipinski definition) is 3. The molecule has 8 heteroatoms. The van der Waals surface area contributed by atoms with Crippen LogP contribution in [-0.4, -0.2) is 48.3 Å². The van der Waals surface area contributed by atoms with Crippen molar-refractivity contribution < 1.29 is 32.6 Å². The number of aliphatic carboxylic acids is 1. The lowest BCUT2D eigenvalue weighted by Gasteiger charge is -2.19. The van der Waals surface area contributed by atoms with Gasteiger partial charge in [-0.1, -0.05) is 19.1 Å². The number of halogens is 3. The van der Waals surface area contributed by atoms with Gasteiger partial charge in [0.25, 0.3) is 0 Å². The van der Waals surface area contributed by atoms with Crippen LogP contribution in [0.5, 0.6) is 5.75 Å². The fourth-order valence-electron chi connectivity index (χ4n) is 1.81. The first-order valence-electron chi connectivity index (χ1n) is 6.83. The van der Waals surface area contributed by atoms with Gasteiger partial charge in [0.1, 0.15) is 5.75 Å². The van der Waals surface area contributed by atoms with E-state index in [1.165, 1.54) is 37.1 Å². The van der Waals surface area contributed by atoms with Crippen molar-refractivity contribution in [2.45, 2.75) is 19.5 Å². The third kappa shape index (κ3) is 7.03. The Balaban J connectivity index is 2.62. The minimum atomic E-state index is -4.43. The highest BCUT2D eigenvalue weighted by Crippen LogP contribution is 2.19. The molecule has 23 heavy (non-hydrogen) atoms. The summed E-state index contributed by atoms with van der Waals surface area (Å²) in [6.45, 7) is 0.135. The molecule has 0 spiro atoms. The molecule has 0 saturated carbocycles. The lowest BCUT2D eigenvalue weighted by atomic mass is 10.1. The highest BCUT2D eigenvalue weighted by Gasteiger charge is 2.28. The van der Waals surface area contributed by atoms with Crippen molar-refractivity contribution in [1.82, 2.24) is 4.90 Å². The van der Waals surface area contributed by atoms with Crippen LogP contribution in [0.1, 0.15) is 12.5 Å². The van der Waals surface area contributed by atoms with Crippen molar-refractivity contribution in [3.63, 3.8) is 0 Å². The zero-order valence-corrected chi connectivity index (χ0v) is 12.8. The molecular formula is C15H18F3NO4. The summed E-state index contributed by atoms with van der Waals surface area (Å²) in [4.78, 5) is 24.1. The molecule has 0 radical (unpaired) electrons. The average molecular weight is 333 g/mol. The highest BCUT2D eigenvalue weighted by molar-refractivity contribution is 5.79. The maximum atomic E-state index is 12.1. The Morgan fingerprint density at radius 1 is 1.35 bits per heavy atom. The van der Waals surface area contributed by atoms with Crippen molar-refractivity contribution >= 4 is 11.9 Å². The Kier molecular flexibility index (Phi) is 6.41. The second-order valence-corrected chi connectivity index (χ2v) is 5.24. The van der Waals surface area contributed by atoms with Crippen LogP contribution in [0.25, 0.3) is 0 Å². The van der Waals surface area contributed by atoms with Crippen LogP contribution in [0.4, 0.5) is 13.2 Å². The van der Waals surface area contributed by atoms with Gasteiger partial charge in [0, 0.05) is 13.6 Å². The summed E-state index contributed by atoms with van der Waals surface area (Å²) in [7, 11) is 1.48.